The number of esters is 1. The first-order valence-corrected chi connectivity index (χ1v) is 8.63. The smallest absolute Gasteiger partial charge is 0.306 e. The Kier molecular flexibility index (Phi) is 5.76. The molecule has 5 heteroatoms. The molecule has 0 aromatic carbocycles. The van der Waals surface area contributed by atoms with Crippen LogP contribution in [0.4, 0.5) is 0 Å². The molecule has 0 aliphatic heterocycles. The predicted molar refractivity (Wildman–Crippen MR) is 83.4 cm³/mol. The van der Waals surface area contributed by atoms with Gasteiger partial charge in [-0.3, -0.25) is 4.79 Å². The molecule has 118 valence electrons. The average molecular weight is 311 g/mol. The fourth-order valence-electron chi connectivity index (χ4n) is 2.83. The summed E-state index contributed by atoms with van der Waals surface area (Å²) in [5.74, 6) is 0.622. The highest BCUT2D eigenvalue weighted by Crippen LogP contribution is 2.43. The van der Waals surface area contributed by atoms with Gasteiger partial charge in [-0.2, -0.15) is 0 Å². The molecule has 1 aliphatic rings. The van der Waals surface area contributed by atoms with Gasteiger partial charge in [0.2, 0.25) is 0 Å². The lowest BCUT2D eigenvalue weighted by Gasteiger charge is -2.36. The molecule has 1 aromatic rings. The largest absolute Gasteiger partial charge is 0.466 e. The number of nitrogens with zero attached hydrogens (tertiary/aromatic N) is 1. The van der Waals surface area contributed by atoms with Crippen LogP contribution in [0, 0.1) is 5.92 Å². The Morgan fingerprint density at radius 3 is 2.81 bits per heavy atom. The topological polar surface area (TPSA) is 48.4 Å². The molecule has 0 N–H and O–H groups in total. The summed E-state index contributed by atoms with van der Waals surface area (Å²) in [6, 6.07) is 0. The van der Waals surface area contributed by atoms with Gasteiger partial charge in [-0.05, 0) is 38.5 Å². The molecule has 21 heavy (non-hydrogen) atoms. The van der Waals surface area contributed by atoms with Crippen molar-refractivity contribution in [3.05, 3.63) is 16.1 Å². The summed E-state index contributed by atoms with van der Waals surface area (Å²) < 4.78 is 10.8. The van der Waals surface area contributed by atoms with Gasteiger partial charge in [0.05, 0.1) is 18.7 Å². The number of aryl methyl sites for hydroxylation is 1. The Labute approximate surface area is 130 Å². The van der Waals surface area contributed by atoms with Gasteiger partial charge >= 0.3 is 5.97 Å². The number of ether oxygens (including phenoxy) is 2. The summed E-state index contributed by atoms with van der Waals surface area (Å²) in [5, 5.41) is 3.11. The lowest BCUT2D eigenvalue weighted by atomic mass is 9.80. The van der Waals surface area contributed by atoms with E-state index in [4.69, 9.17) is 14.5 Å². The second-order valence-electron chi connectivity index (χ2n) is 5.83. The van der Waals surface area contributed by atoms with E-state index < -0.39 is 0 Å². The van der Waals surface area contributed by atoms with Crippen LogP contribution in [0.3, 0.4) is 0 Å². The van der Waals surface area contributed by atoms with Crippen LogP contribution in [0.25, 0.3) is 0 Å². The molecule has 2 rings (SSSR count). The van der Waals surface area contributed by atoms with E-state index >= 15 is 0 Å². The summed E-state index contributed by atoms with van der Waals surface area (Å²) in [6.07, 6.45) is 5.49. The molecule has 4 nitrogen and oxygen atoms in total. The fraction of sp³-hybridized carbons (Fsp3) is 0.750. The normalized spacial score (nSPS) is 25.8. The Balaban J connectivity index is 1.99. The van der Waals surface area contributed by atoms with Crippen LogP contribution in [0.1, 0.15) is 56.7 Å². The van der Waals surface area contributed by atoms with Crippen LogP contribution >= 0.6 is 11.3 Å². The highest BCUT2D eigenvalue weighted by molar-refractivity contribution is 7.09. The van der Waals surface area contributed by atoms with Crippen LogP contribution in [0.5, 0.6) is 0 Å². The second-order valence-corrected chi connectivity index (χ2v) is 6.69. The van der Waals surface area contributed by atoms with Crippen molar-refractivity contribution >= 4 is 17.3 Å². The summed E-state index contributed by atoms with van der Waals surface area (Å²) in [7, 11) is 1.79. The number of carbonyl (C=O) groups excluding carboxylic acids is 1. The van der Waals surface area contributed by atoms with Crippen LogP contribution in [0.2, 0.25) is 0 Å². The maximum Gasteiger partial charge on any atom is 0.306 e. The van der Waals surface area contributed by atoms with Crippen LogP contribution in [0.15, 0.2) is 5.38 Å². The van der Waals surface area contributed by atoms with E-state index in [1.807, 2.05) is 12.3 Å². The fourth-order valence-corrected chi connectivity index (χ4v) is 3.92. The Hall–Kier alpha value is -0.940. The molecule has 0 amide bonds. The molecule has 1 heterocycles. The molecule has 0 saturated heterocycles. The monoisotopic (exact) mass is 311 g/mol. The number of rotatable bonds is 6. The number of methoxy groups -OCH3 is 1. The van der Waals surface area contributed by atoms with Gasteiger partial charge in [0.15, 0.2) is 0 Å². The lowest BCUT2D eigenvalue weighted by Crippen LogP contribution is -2.33. The number of aromatic nitrogens is 1. The molecular weight excluding hydrogens is 286 g/mol. The zero-order valence-electron chi connectivity index (χ0n) is 13.2. The van der Waals surface area contributed by atoms with Crippen LogP contribution in [-0.4, -0.2) is 24.7 Å². The zero-order valence-corrected chi connectivity index (χ0v) is 14.0. The molecule has 0 bridgehead atoms. The van der Waals surface area contributed by atoms with Gasteiger partial charge in [0.1, 0.15) is 10.6 Å². The maximum atomic E-state index is 11.4. The minimum atomic E-state index is -0.209. The third-order valence-corrected chi connectivity index (χ3v) is 5.38. The molecule has 0 spiro atoms. The Morgan fingerprint density at radius 1 is 1.48 bits per heavy atom. The molecule has 1 aromatic heterocycles. The van der Waals surface area contributed by atoms with Gasteiger partial charge in [0.25, 0.3) is 0 Å². The molecule has 0 atom stereocenters. The van der Waals surface area contributed by atoms with Crippen LogP contribution in [-0.2, 0) is 26.3 Å². The lowest BCUT2D eigenvalue weighted by molar-refractivity contribution is -0.143. The van der Waals surface area contributed by atoms with E-state index in [-0.39, 0.29) is 11.6 Å². The molecule has 1 fully saturated rings. The van der Waals surface area contributed by atoms with Crippen molar-refractivity contribution in [2.45, 2.75) is 58.0 Å². The SMILES string of the molecule is CCOC(=O)CCc1csc(C2(OC)CCC(C)CC2)n1. The van der Waals surface area contributed by atoms with Gasteiger partial charge in [-0.15, -0.1) is 11.3 Å². The van der Waals surface area contributed by atoms with Crippen molar-refractivity contribution in [2.75, 3.05) is 13.7 Å². The first-order valence-electron chi connectivity index (χ1n) is 7.75. The van der Waals surface area contributed by atoms with Crippen molar-refractivity contribution in [3.63, 3.8) is 0 Å². The van der Waals surface area contributed by atoms with E-state index in [9.17, 15) is 4.79 Å². The second kappa shape index (κ2) is 7.36. The number of hydrogen-bond acceptors (Lipinski definition) is 5. The minimum Gasteiger partial charge on any atom is -0.466 e. The van der Waals surface area contributed by atoms with Crippen molar-refractivity contribution < 1.29 is 14.3 Å². The van der Waals surface area contributed by atoms with Gasteiger partial charge in [-0.1, -0.05) is 6.92 Å². The predicted octanol–water partition coefficient (Wildman–Crippen LogP) is 3.69. The zero-order chi connectivity index (χ0) is 15.3. The Bertz CT molecular complexity index is 464. The third-order valence-electron chi connectivity index (χ3n) is 4.30. The Morgan fingerprint density at radius 2 is 2.19 bits per heavy atom. The molecular formula is C16H25NO3S. The summed E-state index contributed by atoms with van der Waals surface area (Å²) in [5.41, 5.74) is 0.761. The van der Waals surface area contributed by atoms with Gasteiger partial charge < -0.3 is 9.47 Å². The van der Waals surface area contributed by atoms with Gasteiger partial charge in [0, 0.05) is 18.9 Å². The van der Waals surface area contributed by atoms with Crippen molar-refractivity contribution in [1.82, 2.24) is 4.98 Å². The highest BCUT2D eigenvalue weighted by atomic mass is 32.1. The summed E-state index contributed by atoms with van der Waals surface area (Å²) >= 11 is 1.66. The standard InChI is InChI=1S/C16H25NO3S/c1-4-20-14(18)6-5-13-11-21-15(17-13)16(19-3)9-7-12(2)8-10-16/h11-12H,4-10H2,1-3H3. The van der Waals surface area contributed by atoms with E-state index in [2.05, 4.69) is 6.92 Å². The van der Waals surface area contributed by atoms with Crippen molar-refractivity contribution in [3.8, 4) is 0 Å². The van der Waals surface area contributed by atoms with Crippen molar-refractivity contribution in [2.24, 2.45) is 5.92 Å². The van der Waals surface area contributed by atoms with E-state index in [1.165, 1.54) is 12.8 Å². The van der Waals surface area contributed by atoms with Gasteiger partial charge in [-0.25, -0.2) is 4.98 Å². The average Bonchev–Trinajstić information content (AvgIpc) is 2.96. The quantitative estimate of drug-likeness (QED) is 0.752. The van der Waals surface area contributed by atoms with Crippen molar-refractivity contribution in [1.29, 1.82) is 0 Å². The number of hydrogen-bond donors (Lipinski definition) is 0. The molecule has 0 radical (unpaired) electrons. The number of thiazole rings is 1. The molecule has 0 unspecified atom stereocenters. The van der Waals surface area contributed by atoms with E-state index in [0.717, 1.165) is 29.5 Å². The molecule has 1 saturated carbocycles. The maximum absolute atomic E-state index is 11.4. The third kappa shape index (κ3) is 4.04. The van der Waals surface area contributed by atoms with E-state index in [0.29, 0.717) is 19.4 Å². The number of carbonyl (C=O) groups is 1. The first-order chi connectivity index (χ1) is 10.1. The summed E-state index contributed by atoms with van der Waals surface area (Å²) in [4.78, 5) is 16.1. The molecule has 1 aliphatic carbocycles. The highest BCUT2D eigenvalue weighted by Gasteiger charge is 2.38. The van der Waals surface area contributed by atoms with Crippen LogP contribution < -0.4 is 0 Å². The minimum absolute atomic E-state index is 0.153. The summed E-state index contributed by atoms with van der Waals surface area (Å²) in [6.45, 7) is 4.56. The first kappa shape index (κ1) is 16.4. The van der Waals surface area contributed by atoms with E-state index in [1.54, 1.807) is 18.4 Å².